The third-order valence-electron chi connectivity index (χ3n) is 12.2. The molecule has 0 saturated carbocycles. The molecule has 4 aliphatic rings. The smallest absolute Gasteiger partial charge is 0.435 e. The van der Waals surface area contributed by atoms with Crippen LogP contribution in [-0.2, 0) is 38.5 Å². The number of likely N-dealkylation sites (tertiary alicyclic amines) is 2. The maximum Gasteiger partial charge on any atom is 0.435 e. The van der Waals surface area contributed by atoms with Gasteiger partial charge in [0.25, 0.3) is 11.1 Å². The van der Waals surface area contributed by atoms with E-state index in [-0.39, 0.29) is 62.5 Å². The molecule has 0 aliphatic carbocycles. The van der Waals surface area contributed by atoms with E-state index in [4.69, 9.17) is 25.8 Å². The van der Waals surface area contributed by atoms with Gasteiger partial charge in [0.2, 0.25) is 0 Å². The van der Waals surface area contributed by atoms with Gasteiger partial charge < -0.3 is 44.9 Å². The van der Waals surface area contributed by atoms with Gasteiger partial charge in [-0.05, 0) is 74.2 Å². The van der Waals surface area contributed by atoms with Crippen LogP contribution in [0.5, 0.6) is 12.0 Å². The highest BCUT2D eigenvalue weighted by atomic mass is 35.5. The normalized spacial score (nSPS) is 18.8. The number of rotatable bonds is 11. The molecular weight excluding hydrogens is 920 g/mol. The minimum Gasteiger partial charge on any atom is -0.464 e. The number of aromatic amines is 1. The van der Waals surface area contributed by atoms with E-state index >= 15 is 4.39 Å². The van der Waals surface area contributed by atoms with Crippen LogP contribution in [0.1, 0.15) is 96.7 Å². The van der Waals surface area contributed by atoms with Crippen molar-refractivity contribution in [1.29, 1.82) is 0 Å². The van der Waals surface area contributed by atoms with Gasteiger partial charge in [-0.15, -0.1) is 5.10 Å². The molecule has 4 aromatic heterocycles. The maximum atomic E-state index is 15.5. The van der Waals surface area contributed by atoms with Crippen molar-refractivity contribution in [3.05, 3.63) is 46.5 Å². The van der Waals surface area contributed by atoms with E-state index in [1.807, 2.05) is 51.6 Å². The number of anilines is 4. The second kappa shape index (κ2) is 20.9. The molecule has 4 aliphatic heterocycles. The number of ether oxygens (including phenoxy) is 3. The number of nitrogens with zero attached hydrogens (tertiary/aromatic N) is 10. The molecule has 68 heavy (non-hydrogen) atoms. The van der Waals surface area contributed by atoms with Gasteiger partial charge in [0.05, 0.1) is 61.2 Å². The molecule has 1 amide bonds. The first kappa shape index (κ1) is 51.7. The number of H-pyrrole nitrogens is 1. The Bertz CT molecular complexity index is 2460. The largest absolute Gasteiger partial charge is 0.464 e. The van der Waals surface area contributed by atoms with E-state index in [9.17, 15) is 27.6 Å². The zero-order valence-electron chi connectivity index (χ0n) is 39.7. The van der Waals surface area contributed by atoms with Crippen LogP contribution in [0.2, 0.25) is 0 Å². The van der Waals surface area contributed by atoms with Crippen LogP contribution >= 0.6 is 11.6 Å². The van der Waals surface area contributed by atoms with E-state index in [0.717, 1.165) is 18.0 Å². The zero-order valence-corrected chi connectivity index (χ0v) is 40.4. The second-order valence-corrected chi connectivity index (χ2v) is 18.1. The monoisotopic (exact) mass is 978 g/mol. The van der Waals surface area contributed by atoms with Crippen LogP contribution < -0.4 is 25.4 Å². The molecular formula is C43H59ClF4N14O6. The van der Waals surface area contributed by atoms with Gasteiger partial charge >= 0.3 is 18.1 Å². The summed E-state index contributed by atoms with van der Waals surface area (Å²) in [7, 11) is 3.82. The summed E-state index contributed by atoms with van der Waals surface area (Å²) in [4.78, 5) is 57.2. The van der Waals surface area contributed by atoms with E-state index in [1.165, 1.54) is 9.58 Å². The summed E-state index contributed by atoms with van der Waals surface area (Å²) in [5, 5.41) is 19.6. The second-order valence-electron chi connectivity index (χ2n) is 17.8. The molecule has 2 saturated heterocycles. The molecule has 0 radical (unpaired) electrons. The lowest BCUT2D eigenvalue weighted by Crippen LogP contribution is -2.54. The molecule has 2 fully saturated rings. The van der Waals surface area contributed by atoms with Crippen LogP contribution in [-0.4, -0.2) is 143 Å². The average molecular weight is 979 g/mol. The number of fused-ring (bicyclic) bond motifs is 2. The minimum atomic E-state index is -1.89. The van der Waals surface area contributed by atoms with E-state index in [0.29, 0.717) is 74.5 Å². The Morgan fingerprint density at radius 2 is 1.28 bits per heavy atom. The fourth-order valence-electron chi connectivity index (χ4n) is 8.11. The predicted molar refractivity (Wildman–Crippen MR) is 242 cm³/mol. The van der Waals surface area contributed by atoms with Gasteiger partial charge in [-0.2, -0.15) is 19.7 Å². The maximum absolute atomic E-state index is 15.5. The fraction of sp³-hybridized carbons (Fsp3) is 0.605. The van der Waals surface area contributed by atoms with Crippen molar-refractivity contribution >= 4 is 52.1 Å². The van der Waals surface area contributed by atoms with Gasteiger partial charge in [0.1, 0.15) is 0 Å². The number of aromatic nitrogens is 8. The summed E-state index contributed by atoms with van der Waals surface area (Å²) >= 11 is 5.11. The molecule has 20 nitrogen and oxygen atoms in total. The number of hydrogen-bond donors (Lipinski definition) is 4. The van der Waals surface area contributed by atoms with Gasteiger partial charge in [0.15, 0.2) is 46.2 Å². The Labute approximate surface area is 396 Å². The van der Waals surface area contributed by atoms with Crippen molar-refractivity contribution in [3.63, 3.8) is 0 Å². The van der Waals surface area contributed by atoms with E-state index in [2.05, 4.69) is 51.2 Å². The summed E-state index contributed by atoms with van der Waals surface area (Å²) in [6, 6.07) is 0.0914. The summed E-state index contributed by atoms with van der Waals surface area (Å²) in [5.74, 6) is -1.36. The molecule has 4 aromatic rings. The van der Waals surface area contributed by atoms with Crippen LogP contribution in [0.3, 0.4) is 0 Å². The number of amides is 1. The summed E-state index contributed by atoms with van der Waals surface area (Å²) in [6.07, 6.45) is 2.23. The number of carbonyl (C=O) groups excluding carboxylic acids is 3. The van der Waals surface area contributed by atoms with Gasteiger partial charge in [0, 0.05) is 69.5 Å². The number of halogens is 5. The fourth-order valence-corrected chi connectivity index (χ4v) is 8.30. The quantitative estimate of drug-likeness (QED) is 0.100. The summed E-state index contributed by atoms with van der Waals surface area (Å²) in [5.41, 5.74) is -2.16. The minimum absolute atomic E-state index is 0.0392. The van der Waals surface area contributed by atoms with Crippen molar-refractivity contribution < 1.29 is 46.2 Å². The highest BCUT2D eigenvalue weighted by Crippen LogP contribution is 2.44. The number of carbonyl (C=O) groups is 3. The zero-order chi connectivity index (χ0) is 49.8. The number of hydrogen-bond acceptors (Lipinski definition) is 17. The lowest BCUT2D eigenvalue weighted by atomic mass is 9.90. The van der Waals surface area contributed by atoms with Crippen molar-refractivity contribution in [2.45, 2.75) is 110 Å². The third-order valence-corrected chi connectivity index (χ3v) is 12.5. The first-order valence-corrected chi connectivity index (χ1v) is 22.7. The Hall–Kier alpha value is -5.72. The standard InChI is InChI=1S/C20H27F2N7O2.C16H21FN6O3.C7H11ClFNO/c1-5-31-18-23-10-13(21)16(25-18)24-15-12-11-29(19(2,3)14(12)26-27-15)17(30)20(22)6-8-28(4)9-7-20;1-5-25-14-18-8-10(17)13(21-14)20-12-9-7-19-16(3,4)11(9)23(22-12)15(24)26-6-2;1-10-4-2-7(9,3-5-10)6(8)11/h10H,5-9,11H2,1-4H3,(H2,23,24,25,26,27);8,19H,5-7H2,1-4H3,(H,18,20,21,22);2-5H2,1H3. The average Bonchev–Trinajstić information content (AvgIpc) is 4.03. The van der Waals surface area contributed by atoms with Crippen molar-refractivity contribution in [2.24, 2.45) is 0 Å². The Morgan fingerprint density at radius 1 is 0.765 bits per heavy atom. The Kier molecular flexibility index (Phi) is 15.9. The van der Waals surface area contributed by atoms with Crippen molar-refractivity contribution in [2.75, 3.05) is 70.7 Å². The van der Waals surface area contributed by atoms with E-state index in [1.54, 1.807) is 20.8 Å². The van der Waals surface area contributed by atoms with Gasteiger partial charge in [-0.3, -0.25) is 14.7 Å². The Morgan fingerprint density at radius 3 is 1.78 bits per heavy atom. The molecule has 372 valence electrons. The first-order chi connectivity index (χ1) is 32.1. The van der Waals surface area contributed by atoms with Crippen LogP contribution in [0.25, 0.3) is 0 Å². The summed E-state index contributed by atoms with van der Waals surface area (Å²) in [6.45, 7) is 16.6. The molecule has 0 bridgehead atoms. The van der Waals surface area contributed by atoms with Crippen LogP contribution in [0.15, 0.2) is 12.4 Å². The van der Waals surface area contributed by atoms with Crippen molar-refractivity contribution in [3.8, 4) is 12.0 Å². The first-order valence-electron chi connectivity index (χ1n) is 22.3. The molecule has 0 aromatic carbocycles. The highest BCUT2D eigenvalue weighted by Gasteiger charge is 2.52. The summed E-state index contributed by atoms with van der Waals surface area (Å²) < 4.78 is 73.9. The number of alkyl halides is 2. The lowest BCUT2D eigenvalue weighted by molar-refractivity contribution is -0.153. The molecule has 0 unspecified atom stereocenters. The Balaban J connectivity index is 0.000000185. The SMILES string of the molecule is CCOC(=O)n1nc(Nc2nc(OCC)ncc2F)c2c1C(C)(C)NC2.CCOc1ncc(F)c(Nc2n[nH]c3c2CN(C(=O)C2(F)CCN(C)CC2)C3(C)C)n1.CN1CCC(F)(C(=O)Cl)CC1. The van der Waals surface area contributed by atoms with Gasteiger partial charge in [-0.25, -0.2) is 32.3 Å². The van der Waals surface area contributed by atoms with Gasteiger partial charge in [-0.1, -0.05) is 0 Å². The lowest BCUT2D eigenvalue weighted by Gasteiger charge is -2.40. The molecule has 0 atom stereocenters. The molecule has 25 heteroatoms. The van der Waals surface area contributed by atoms with Crippen LogP contribution in [0.4, 0.5) is 45.6 Å². The third kappa shape index (κ3) is 11.1. The topological polar surface area (TPSA) is 223 Å². The molecule has 8 rings (SSSR count). The molecule has 8 heterocycles. The van der Waals surface area contributed by atoms with Crippen molar-refractivity contribution in [1.82, 2.24) is 59.9 Å². The molecule has 4 N–H and O–H groups in total. The van der Waals surface area contributed by atoms with E-state index < -0.39 is 51.3 Å². The van der Waals surface area contributed by atoms with Crippen LogP contribution in [0, 0.1) is 11.6 Å². The number of nitrogens with one attached hydrogen (secondary N) is 4. The predicted octanol–water partition coefficient (Wildman–Crippen LogP) is 5.98. The molecule has 0 spiro atoms. The number of piperidine rings is 2. The highest BCUT2D eigenvalue weighted by molar-refractivity contribution is 6.65.